The van der Waals surface area contributed by atoms with Gasteiger partial charge in [-0.1, -0.05) is 18.2 Å². The van der Waals surface area contributed by atoms with Gasteiger partial charge in [-0.15, -0.1) is 0 Å². The van der Waals surface area contributed by atoms with Gasteiger partial charge in [-0.25, -0.2) is 0 Å². The largest absolute Gasteiger partial charge is 0.497 e. The van der Waals surface area contributed by atoms with Crippen LogP contribution in [0.3, 0.4) is 0 Å². The molecule has 0 bridgehead atoms. The summed E-state index contributed by atoms with van der Waals surface area (Å²) in [5.74, 6) is 1.90. The number of methoxy groups -OCH3 is 1. The Morgan fingerprint density at radius 1 is 1.15 bits per heavy atom. The Bertz CT molecular complexity index is 1130. The first kappa shape index (κ1) is 21.8. The van der Waals surface area contributed by atoms with Crippen LogP contribution in [0.5, 0.6) is 11.5 Å². The molecule has 0 saturated carbocycles. The highest BCUT2D eigenvalue weighted by atomic mass is 16.5. The molecule has 2 N–H and O–H groups in total. The minimum absolute atomic E-state index is 0.154. The zero-order valence-electron chi connectivity index (χ0n) is 19.4. The van der Waals surface area contributed by atoms with Crippen LogP contribution in [0, 0.1) is 0 Å². The van der Waals surface area contributed by atoms with Gasteiger partial charge < -0.3 is 24.7 Å². The van der Waals surface area contributed by atoms with Crippen LogP contribution in [-0.2, 0) is 16.8 Å². The van der Waals surface area contributed by atoms with Gasteiger partial charge in [-0.05, 0) is 55.8 Å². The van der Waals surface area contributed by atoms with E-state index in [1.807, 2.05) is 43.4 Å². The Morgan fingerprint density at radius 2 is 2.00 bits per heavy atom. The summed E-state index contributed by atoms with van der Waals surface area (Å²) in [4.78, 5) is 21.4. The fourth-order valence-corrected chi connectivity index (χ4v) is 5.49. The highest BCUT2D eigenvalue weighted by molar-refractivity contribution is 5.88. The summed E-state index contributed by atoms with van der Waals surface area (Å²) < 4.78 is 11.4. The number of carbonyl (C=O) groups is 1. The third-order valence-corrected chi connectivity index (χ3v) is 7.06. The maximum atomic E-state index is 13.2. The van der Waals surface area contributed by atoms with Gasteiger partial charge in [0.15, 0.2) is 0 Å². The first-order valence-corrected chi connectivity index (χ1v) is 11.7. The van der Waals surface area contributed by atoms with Crippen LogP contribution in [0.4, 0.5) is 0 Å². The molecule has 0 radical (unpaired) electrons. The van der Waals surface area contributed by atoms with E-state index in [0.717, 1.165) is 56.0 Å². The average molecular weight is 449 g/mol. The molecule has 5 rings (SSSR count). The molecule has 3 heterocycles. The number of rotatable bonds is 7. The summed E-state index contributed by atoms with van der Waals surface area (Å²) in [6.07, 6.45) is 1.75. The molecule has 3 aromatic rings. The number of aromatic amines is 1. The predicted molar refractivity (Wildman–Crippen MR) is 129 cm³/mol. The molecule has 1 unspecified atom stereocenters. The predicted octanol–water partition coefficient (Wildman–Crippen LogP) is 2.76. The lowest BCUT2D eigenvalue weighted by atomic mass is 9.83. The van der Waals surface area contributed by atoms with Gasteiger partial charge in [-0.3, -0.25) is 9.69 Å². The zero-order chi connectivity index (χ0) is 22.8. The van der Waals surface area contributed by atoms with Gasteiger partial charge in [0.2, 0.25) is 5.91 Å². The summed E-state index contributed by atoms with van der Waals surface area (Å²) in [5, 5.41) is 4.25. The first-order chi connectivity index (χ1) is 16.1. The van der Waals surface area contributed by atoms with Gasteiger partial charge in [0.05, 0.1) is 19.2 Å². The van der Waals surface area contributed by atoms with E-state index in [-0.39, 0.29) is 11.4 Å². The van der Waals surface area contributed by atoms with Crippen molar-refractivity contribution in [3.63, 3.8) is 0 Å². The van der Waals surface area contributed by atoms with Crippen molar-refractivity contribution in [3.05, 3.63) is 59.8 Å². The molecule has 7 nitrogen and oxygen atoms in total. The second-order valence-electron chi connectivity index (χ2n) is 8.94. The molecule has 2 aliphatic heterocycles. The molecule has 7 heteroatoms. The van der Waals surface area contributed by atoms with Crippen LogP contribution in [-0.4, -0.2) is 74.2 Å². The number of amides is 1. The van der Waals surface area contributed by atoms with E-state index in [0.29, 0.717) is 13.2 Å². The molecular formula is C26H32N4O3. The third kappa shape index (κ3) is 3.96. The Labute approximate surface area is 194 Å². The molecule has 2 aromatic carbocycles. The molecular weight excluding hydrogens is 416 g/mol. The van der Waals surface area contributed by atoms with Gasteiger partial charge in [0, 0.05) is 42.8 Å². The Hall–Kier alpha value is -3.03. The number of H-pyrrole nitrogens is 1. The molecule has 2 aliphatic rings. The number of hydrogen-bond donors (Lipinski definition) is 2. The van der Waals surface area contributed by atoms with Crippen LogP contribution in [0.15, 0.2) is 48.5 Å². The van der Waals surface area contributed by atoms with Crippen LogP contribution in [0.2, 0.25) is 0 Å². The molecule has 174 valence electrons. The van der Waals surface area contributed by atoms with Crippen molar-refractivity contribution in [1.82, 2.24) is 20.1 Å². The number of nitrogens with one attached hydrogen (secondary N) is 2. The number of benzene rings is 2. The smallest absolute Gasteiger partial charge is 0.237 e. The molecule has 1 saturated heterocycles. The van der Waals surface area contributed by atoms with Crippen LogP contribution in [0.25, 0.3) is 10.9 Å². The first-order valence-electron chi connectivity index (χ1n) is 11.7. The Balaban J connectivity index is 1.43. The van der Waals surface area contributed by atoms with E-state index in [1.54, 1.807) is 7.11 Å². The Kier molecular flexibility index (Phi) is 6.00. The lowest BCUT2D eigenvalue weighted by Crippen LogP contribution is -2.56. The van der Waals surface area contributed by atoms with Crippen molar-refractivity contribution in [2.45, 2.75) is 18.4 Å². The summed E-state index contributed by atoms with van der Waals surface area (Å²) >= 11 is 0. The summed E-state index contributed by atoms with van der Waals surface area (Å²) in [5.41, 5.74) is 3.27. The second kappa shape index (κ2) is 9.08. The number of ether oxygens (including phenoxy) is 2. The van der Waals surface area contributed by atoms with E-state index in [1.165, 1.54) is 16.6 Å². The summed E-state index contributed by atoms with van der Waals surface area (Å²) in [6.45, 7) is 4.26. The molecule has 33 heavy (non-hydrogen) atoms. The van der Waals surface area contributed by atoms with Gasteiger partial charge in [-0.2, -0.15) is 0 Å². The lowest BCUT2D eigenvalue weighted by Gasteiger charge is -2.45. The third-order valence-electron chi connectivity index (χ3n) is 7.06. The van der Waals surface area contributed by atoms with E-state index in [2.05, 4.69) is 32.2 Å². The van der Waals surface area contributed by atoms with E-state index in [9.17, 15) is 4.79 Å². The topological polar surface area (TPSA) is 69.8 Å². The number of fused-ring (bicyclic) bond motifs is 4. The lowest BCUT2D eigenvalue weighted by molar-refractivity contribution is -0.137. The van der Waals surface area contributed by atoms with Crippen molar-refractivity contribution in [2.24, 2.45) is 0 Å². The van der Waals surface area contributed by atoms with Crippen molar-refractivity contribution in [3.8, 4) is 11.5 Å². The van der Waals surface area contributed by atoms with Crippen molar-refractivity contribution < 1.29 is 14.3 Å². The minimum atomic E-state index is -0.347. The van der Waals surface area contributed by atoms with Gasteiger partial charge >= 0.3 is 0 Å². The van der Waals surface area contributed by atoms with Crippen LogP contribution >= 0.6 is 0 Å². The molecule has 1 spiro atoms. The van der Waals surface area contributed by atoms with E-state index < -0.39 is 0 Å². The number of nitrogens with zero attached hydrogens (tertiary/aromatic N) is 2. The molecule has 1 amide bonds. The SMILES string of the molecule is CNCC(=O)N1CCc2c([nH]c3ccc(OC)cc23)C12CCN(CCOc1ccccc1)C2. The summed E-state index contributed by atoms with van der Waals surface area (Å²) in [7, 11) is 3.53. The molecule has 0 aliphatic carbocycles. The number of aromatic nitrogens is 1. The molecule has 1 atom stereocenters. The van der Waals surface area contributed by atoms with Gasteiger partial charge in [0.1, 0.15) is 18.1 Å². The maximum Gasteiger partial charge on any atom is 0.237 e. The van der Waals surface area contributed by atoms with Crippen molar-refractivity contribution in [2.75, 3.05) is 53.5 Å². The van der Waals surface area contributed by atoms with Gasteiger partial charge in [0.25, 0.3) is 0 Å². The second-order valence-corrected chi connectivity index (χ2v) is 8.94. The quantitative estimate of drug-likeness (QED) is 0.582. The van der Waals surface area contributed by atoms with E-state index >= 15 is 0 Å². The number of para-hydroxylation sites is 1. The number of likely N-dealkylation sites (tertiary alicyclic amines) is 1. The molecule has 1 aromatic heterocycles. The number of hydrogen-bond acceptors (Lipinski definition) is 5. The maximum absolute atomic E-state index is 13.2. The monoisotopic (exact) mass is 448 g/mol. The number of carbonyl (C=O) groups excluding carboxylic acids is 1. The summed E-state index contributed by atoms with van der Waals surface area (Å²) in [6, 6.07) is 16.1. The van der Waals surface area contributed by atoms with Crippen LogP contribution < -0.4 is 14.8 Å². The standard InChI is InChI=1S/C26H32N4O3/c1-27-17-24(31)30-12-10-21-22-16-20(32-2)8-9-23(22)28-25(21)26(30)11-13-29(18-26)14-15-33-19-6-4-3-5-7-19/h3-9,16,27-28H,10-15,17-18H2,1-2H3. The zero-order valence-corrected chi connectivity index (χ0v) is 19.4. The van der Waals surface area contributed by atoms with E-state index in [4.69, 9.17) is 9.47 Å². The minimum Gasteiger partial charge on any atom is -0.497 e. The highest BCUT2D eigenvalue weighted by Crippen LogP contribution is 2.45. The fraction of sp³-hybridized carbons (Fsp3) is 0.423. The highest BCUT2D eigenvalue weighted by Gasteiger charge is 2.50. The average Bonchev–Trinajstić information content (AvgIpc) is 3.42. The van der Waals surface area contributed by atoms with Crippen molar-refractivity contribution in [1.29, 1.82) is 0 Å². The Morgan fingerprint density at radius 3 is 2.79 bits per heavy atom. The molecule has 1 fully saturated rings. The van der Waals surface area contributed by atoms with Crippen LogP contribution in [0.1, 0.15) is 17.7 Å². The number of likely N-dealkylation sites (N-methyl/N-ethyl adjacent to an activating group) is 1. The van der Waals surface area contributed by atoms with Crippen molar-refractivity contribution >= 4 is 16.8 Å². The fourth-order valence-electron chi connectivity index (χ4n) is 5.49. The normalized spacial score (nSPS) is 20.4.